The molecule has 0 fully saturated rings. The number of rotatable bonds is 11. The van der Waals surface area contributed by atoms with Crippen LogP contribution in [0.15, 0.2) is 29.3 Å². The molecule has 1 aromatic carbocycles. The number of aliphatic imine (C=N–C) groups is 1. The zero-order chi connectivity index (χ0) is 16.8. The molecule has 0 atom stereocenters. The number of hydrogen-bond donors (Lipinski definition) is 2. The quantitative estimate of drug-likeness (QED) is 0.234. The van der Waals surface area contributed by atoms with Crippen LogP contribution in [0.5, 0.6) is 0 Å². The summed E-state index contributed by atoms with van der Waals surface area (Å²) in [6.07, 6.45) is 2.24. The van der Waals surface area contributed by atoms with Gasteiger partial charge in [0.25, 0.3) is 0 Å². The summed E-state index contributed by atoms with van der Waals surface area (Å²) in [7, 11) is 1.71. The van der Waals surface area contributed by atoms with Gasteiger partial charge in [0.05, 0.1) is 19.8 Å². The van der Waals surface area contributed by atoms with E-state index in [1.165, 1.54) is 12.1 Å². The van der Waals surface area contributed by atoms with Crippen LogP contribution in [0.2, 0.25) is 0 Å². The lowest BCUT2D eigenvalue weighted by Crippen LogP contribution is -2.38. The Morgan fingerprint density at radius 1 is 1.04 bits per heavy atom. The molecule has 138 valence electrons. The number of benzene rings is 1. The van der Waals surface area contributed by atoms with Gasteiger partial charge in [-0.2, -0.15) is 0 Å². The van der Waals surface area contributed by atoms with E-state index in [0.29, 0.717) is 38.9 Å². The van der Waals surface area contributed by atoms with Crippen molar-refractivity contribution in [3.63, 3.8) is 0 Å². The van der Waals surface area contributed by atoms with Crippen molar-refractivity contribution in [2.45, 2.75) is 26.3 Å². The van der Waals surface area contributed by atoms with Gasteiger partial charge >= 0.3 is 0 Å². The van der Waals surface area contributed by atoms with Gasteiger partial charge < -0.3 is 20.1 Å². The molecular formula is C17H29FIN3O2. The summed E-state index contributed by atoms with van der Waals surface area (Å²) < 4.78 is 23.7. The molecule has 1 rings (SSSR count). The maximum atomic E-state index is 12.8. The van der Waals surface area contributed by atoms with E-state index in [4.69, 9.17) is 9.47 Å². The zero-order valence-corrected chi connectivity index (χ0v) is 16.8. The predicted molar refractivity (Wildman–Crippen MR) is 107 cm³/mol. The average Bonchev–Trinajstić information content (AvgIpc) is 2.57. The second-order valence-corrected chi connectivity index (χ2v) is 5.06. The standard InChI is InChI=1S/C17H28FN3O2.HI/c1-3-4-10-22-12-13-23-11-9-20-17(19-2)21-14-15-5-7-16(18)8-6-15;/h5-8H,3-4,9-14H2,1-2H3,(H2,19,20,21);1H. The van der Waals surface area contributed by atoms with Gasteiger partial charge in [-0.1, -0.05) is 25.5 Å². The molecule has 7 heteroatoms. The topological polar surface area (TPSA) is 54.9 Å². The molecule has 0 radical (unpaired) electrons. The molecule has 2 N–H and O–H groups in total. The third-order valence-corrected chi connectivity index (χ3v) is 3.15. The average molecular weight is 453 g/mol. The highest BCUT2D eigenvalue weighted by Crippen LogP contribution is 2.01. The van der Waals surface area contributed by atoms with E-state index in [2.05, 4.69) is 22.5 Å². The summed E-state index contributed by atoms with van der Waals surface area (Å²) in [6.45, 7) is 6.03. The Labute approximate surface area is 161 Å². The predicted octanol–water partition coefficient (Wildman–Crippen LogP) is 2.94. The van der Waals surface area contributed by atoms with Gasteiger partial charge in [-0.05, 0) is 24.1 Å². The van der Waals surface area contributed by atoms with Crippen LogP contribution in [0.4, 0.5) is 4.39 Å². The summed E-state index contributed by atoms with van der Waals surface area (Å²) in [6, 6.07) is 6.39. The number of halogens is 2. The summed E-state index contributed by atoms with van der Waals surface area (Å²) in [5, 5.41) is 6.33. The normalized spacial score (nSPS) is 11.0. The van der Waals surface area contributed by atoms with E-state index in [1.807, 2.05) is 0 Å². The summed E-state index contributed by atoms with van der Waals surface area (Å²) in [5.74, 6) is 0.462. The highest BCUT2D eigenvalue weighted by atomic mass is 127. The van der Waals surface area contributed by atoms with E-state index in [9.17, 15) is 4.39 Å². The van der Waals surface area contributed by atoms with Gasteiger partial charge in [0.2, 0.25) is 0 Å². The van der Waals surface area contributed by atoms with Crippen LogP contribution in [0.25, 0.3) is 0 Å². The fourth-order valence-corrected chi connectivity index (χ4v) is 1.82. The SMILES string of the molecule is CCCCOCCOCCNC(=NC)NCc1ccc(F)cc1.I. The molecule has 5 nitrogen and oxygen atoms in total. The monoisotopic (exact) mass is 453 g/mol. The maximum absolute atomic E-state index is 12.8. The van der Waals surface area contributed by atoms with E-state index in [0.717, 1.165) is 25.0 Å². The Morgan fingerprint density at radius 2 is 1.71 bits per heavy atom. The number of hydrogen-bond acceptors (Lipinski definition) is 3. The maximum Gasteiger partial charge on any atom is 0.191 e. The van der Waals surface area contributed by atoms with Crippen molar-refractivity contribution in [1.82, 2.24) is 10.6 Å². The number of unbranched alkanes of at least 4 members (excludes halogenated alkanes) is 1. The molecule has 0 heterocycles. The van der Waals surface area contributed by atoms with Crippen molar-refractivity contribution in [3.8, 4) is 0 Å². The third kappa shape index (κ3) is 11.6. The number of nitrogens with one attached hydrogen (secondary N) is 2. The van der Waals surface area contributed by atoms with Crippen LogP contribution in [0, 0.1) is 5.82 Å². The van der Waals surface area contributed by atoms with Crippen molar-refractivity contribution in [2.75, 3.05) is 40.0 Å². The zero-order valence-electron chi connectivity index (χ0n) is 14.5. The molecular weight excluding hydrogens is 424 g/mol. The fraction of sp³-hybridized carbons (Fsp3) is 0.588. The molecule has 0 unspecified atom stereocenters. The molecule has 0 amide bonds. The van der Waals surface area contributed by atoms with Crippen LogP contribution >= 0.6 is 24.0 Å². The third-order valence-electron chi connectivity index (χ3n) is 3.15. The molecule has 0 saturated carbocycles. The minimum atomic E-state index is -0.230. The highest BCUT2D eigenvalue weighted by molar-refractivity contribution is 14.0. The molecule has 0 spiro atoms. The number of guanidine groups is 1. The van der Waals surface area contributed by atoms with E-state index in [1.54, 1.807) is 19.2 Å². The van der Waals surface area contributed by atoms with Crippen molar-refractivity contribution in [2.24, 2.45) is 4.99 Å². The second-order valence-electron chi connectivity index (χ2n) is 5.06. The first-order chi connectivity index (χ1) is 11.3. The summed E-state index contributed by atoms with van der Waals surface area (Å²) in [4.78, 5) is 4.13. The molecule has 0 saturated heterocycles. The van der Waals surface area contributed by atoms with Crippen molar-refractivity contribution < 1.29 is 13.9 Å². The fourth-order valence-electron chi connectivity index (χ4n) is 1.82. The minimum absolute atomic E-state index is 0. The van der Waals surface area contributed by atoms with Crippen LogP contribution in [0.1, 0.15) is 25.3 Å². The molecule has 0 aliphatic carbocycles. The minimum Gasteiger partial charge on any atom is -0.379 e. The van der Waals surface area contributed by atoms with E-state index in [-0.39, 0.29) is 29.8 Å². The lowest BCUT2D eigenvalue weighted by atomic mass is 10.2. The van der Waals surface area contributed by atoms with Crippen LogP contribution in [-0.2, 0) is 16.0 Å². The van der Waals surface area contributed by atoms with Gasteiger partial charge in [0.15, 0.2) is 5.96 Å². The first-order valence-electron chi connectivity index (χ1n) is 8.10. The Hall–Kier alpha value is -0.930. The molecule has 0 aliphatic heterocycles. The Bertz CT molecular complexity index is 444. The second kappa shape index (κ2) is 15.6. The lowest BCUT2D eigenvalue weighted by molar-refractivity contribution is 0.0487. The smallest absolute Gasteiger partial charge is 0.191 e. The lowest BCUT2D eigenvalue weighted by Gasteiger charge is -2.12. The van der Waals surface area contributed by atoms with Crippen molar-refractivity contribution >= 4 is 29.9 Å². The molecule has 0 aliphatic rings. The van der Waals surface area contributed by atoms with Gasteiger partial charge in [0.1, 0.15) is 5.82 Å². The van der Waals surface area contributed by atoms with Gasteiger partial charge in [-0.25, -0.2) is 4.39 Å². The molecule has 1 aromatic rings. The van der Waals surface area contributed by atoms with E-state index < -0.39 is 0 Å². The van der Waals surface area contributed by atoms with Gasteiger partial charge in [0, 0.05) is 26.7 Å². The number of nitrogens with zero attached hydrogens (tertiary/aromatic N) is 1. The van der Waals surface area contributed by atoms with Gasteiger partial charge in [-0.15, -0.1) is 24.0 Å². The van der Waals surface area contributed by atoms with Crippen LogP contribution in [0.3, 0.4) is 0 Å². The van der Waals surface area contributed by atoms with Crippen LogP contribution < -0.4 is 10.6 Å². The first-order valence-corrected chi connectivity index (χ1v) is 8.10. The Morgan fingerprint density at radius 3 is 2.33 bits per heavy atom. The molecule has 0 bridgehead atoms. The van der Waals surface area contributed by atoms with Crippen LogP contribution in [-0.4, -0.2) is 46.0 Å². The molecule has 0 aromatic heterocycles. The number of ether oxygens (including phenoxy) is 2. The van der Waals surface area contributed by atoms with Crippen molar-refractivity contribution in [1.29, 1.82) is 0 Å². The summed E-state index contributed by atoms with van der Waals surface area (Å²) in [5.41, 5.74) is 0.995. The Kier molecular flexibility index (Phi) is 15.0. The van der Waals surface area contributed by atoms with E-state index >= 15 is 0 Å². The molecule has 24 heavy (non-hydrogen) atoms. The summed E-state index contributed by atoms with van der Waals surface area (Å²) >= 11 is 0. The largest absolute Gasteiger partial charge is 0.379 e. The van der Waals surface area contributed by atoms with Crippen molar-refractivity contribution in [3.05, 3.63) is 35.6 Å². The first kappa shape index (κ1) is 23.1. The van der Waals surface area contributed by atoms with Gasteiger partial charge in [-0.3, -0.25) is 4.99 Å². The highest BCUT2D eigenvalue weighted by Gasteiger charge is 1.98. The Balaban J connectivity index is 0.00000529.